The molecule has 5 aromatic rings. The van der Waals surface area contributed by atoms with Crippen LogP contribution in [0.3, 0.4) is 0 Å². The van der Waals surface area contributed by atoms with Crippen molar-refractivity contribution in [2.75, 3.05) is 0 Å². The fourth-order valence-corrected chi connectivity index (χ4v) is 7.11. The number of carbonyl (C=O) groups is 6. The van der Waals surface area contributed by atoms with E-state index in [2.05, 4.69) is 21.0 Å². The number of halogens is 1. The molecule has 16 heteroatoms. The van der Waals surface area contributed by atoms with Crippen molar-refractivity contribution in [3.8, 4) is 0 Å². The molecule has 15 nitrogen and oxygen atoms in total. The molecule has 1 aliphatic heterocycles. The Bertz CT molecular complexity index is 2360. The normalized spacial score (nSPS) is 16.5. The van der Waals surface area contributed by atoms with Gasteiger partial charge in [0.1, 0.15) is 31.1 Å². The van der Waals surface area contributed by atoms with Crippen LogP contribution in [0.5, 0.6) is 0 Å². The van der Waals surface area contributed by atoms with Gasteiger partial charge in [-0.15, -0.1) is 5.06 Å². The first kappa shape index (κ1) is 46.1. The van der Waals surface area contributed by atoms with Gasteiger partial charge in [0.05, 0.1) is 0 Å². The lowest BCUT2D eigenvalue weighted by molar-refractivity contribution is -0.243. The number of benzene rings is 4. The number of Topliss-reactive ketones (excluding diaryl/α,β-unsaturated/α-hetero) is 1. The standard InChI is InChI=1S/C48H49FN6O9/c1-33(2)42(52-47(61)63-32-37-19-10-5-11-20-37)43(57)53-54(30-35-23-25-38(49)26-24-35)48(27-14-21-34-15-6-3-7-16-34)41(56)29-40(51-46(60)62-31-36-17-8-4-9-18-36)44(58)55(48)64-45(59)39-22-12-13-28-50-39/h3-13,15-20,22-26,28,33,40,42H,14,21,27,29-32H2,1-2H3,(H,51,60)(H,52,61)(H,53,57)/t40-,42-,48?/m0/s1. The molecule has 0 aliphatic carbocycles. The van der Waals surface area contributed by atoms with Crippen LogP contribution in [0.4, 0.5) is 14.0 Å². The van der Waals surface area contributed by atoms with Crippen molar-refractivity contribution in [1.29, 1.82) is 0 Å². The fourth-order valence-electron chi connectivity index (χ4n) is 7.11. The van der Waals surface area contributed by atoms with Gasteiger partial charge in [-0.05, 0) is 71.7 Å². The zero-order valence-electron chi connectivity index (χ0n) is 35.4. The Balaban J connectivity index is 1.39. The molecule has 3 N–H and O–H groups in total. The molecule has 4 aromatic carbocycles. The number of nitrogens with zero attached hydrogens (tertiary/aromatic N) is 3. The van der Waals surface area contributed by atoms with E-state index in [4.69, 9.17) is 14.3 Å². The topological polar surface area (TPSA) is 186 Å². The van der Waals surface area contributed by atoms with Gasteiger partial charge in [0.2, 0.25) is 5.66 Å². The van der Waals surface area contributed by atoms with E-state index >= 15 is 4.79 Å². The second kappa shape index (κ2) is 22.1. The highest BCUT2D eigenvalue weighted by atomic mass is 19.1. The Hall–Kier alpha value is -7.46. The average Bonchev–Trinajstić information content (AvgIpc) is 3.31. The van der Waals surface area contributed by atoms with E-state index < -0.39 is 71.7 Å². The molecule has 0 bridgehead atoms. The van der Waals surface area contributed by atoms with Gasteiger partial charge in [-0.3, -0.25) is 19.8 Å². The molecule has 64 heavy (non-hydrogen) atoms. The van der Waals surface area contributed by atoms with Crippen molar-refractivity contribution in [1.82, 2.24) is 31.1 Å². The maximum absolute atomic E-state index is 15.2. The fraction of sp³-hybridized carbons (Fsp3) is 0.271. The number of alkyl carbamates (subject to hydrolysis) is 2. The number of hydroxylamine groups is 2. The molecule has 0 spiro atoms. The molecule has 6 rings (SSSR count). The Labute approximate surface area is 369 Å². The molecule has 1 unspecified atom stereocenters. The number of aromatic nitrogens is 1. The largest absolute Gasteiger partial charge is 0.445 e. The third-order valence-corrected chi connectivity index (χ3v) is 10.4. The minimum atomic E-state index is -2.32. The molecule has 0 saturated carbocycles. The first-order valence-electron chi connectivity index (χ1n) is 20.7. The quantitative estimate of drug-likeness (QED) is 0.0807. The summed E-state index contributed by atoms with van der Waals surface area (Å²) < 4.78 is 25.1. The van der Waals surface area contributed by atoms with E-state index in [-0.39, 0.29) is 38.3 Å². The van der Waals surface area contributed by atoms with Crippen LogP contribution >= 0.6 is 0 Å². The highest BCUT2D eigenvalue weighted by Gasteiger charge is 2.59. The van der Waals surface area contributed by atoms with Crippen LogP contribution in [0.25, 0.3) is 0 Å². The first-order valence-corrected chi connectivity index (χ1v) is 20.7. The van der Waals surface area contributed by atoms with E-state index in [1.165, 1.54) is 42.6 Å². The van der Waals surface area contributed by atoms with Crippen LogP contribution in [0.15, 0.2) is 140 Å². The highest BCUT2D eigenvalue weighted by Crippen LogP contribution is 2.36. The SMILES string of the molecule is CC(C)[C@H](NC(=O)OCc1ccccc1)C(=O)NN(Cc1ccc(F)cc1)C1(CCCc2ccccc2)C(=O)C[C@H](NC(=O)OCc2ccccc2)C(=O)N1OC(=O)c1ccccn1. The van der Waals surface area contributed by atoms with Crippen molar-refractivity contribution in [3.05, 3.63) is 173 Å². The van der Waals surface area contributed by atoms with Gasteiger partial charge in [-0.25, -0.2) is 23.8 Å². The maximum Gasteiger partial charge on any atom is 0.408 e. The minimum absolute atomic E-state index is 0.0808. The summed E-state index contributed by atoms with van der Waals surface area (Å²) >= 11 is 0. The number of hydrazine groups is 1. The smallest absolute Gasteiger partial charge is 0.408 e. The molecule has 0 radical (unpaired) electrons. The number of nitrogens with one attached hydrogen (secondary N) is 3. The lowest BCUT2D eigenvalue weighted by Gasteiger charge is -2.51. The maximum atomic E-state index is 15.2. The van der Waals surface area contributed by atoms with Crippen molar-refractivity contribution in [2.24, 2.45) is 5.92 Å². The molecule has 1 saturated heterocycles. The molecular weight excluding hydrogens is 824 g/mol. The van der Waals surface area contributed by atoms with Crippen LogP contribution < -0.4 is 16.1 Å². The van der Waals surface area contributed by atoms with Crippen LogP contribution in [-0.2, 0) is 54.9 Å². The van der Waals surface area contributed by atoms with E-state index in [1.54, 1.807) is 74.5 Å². The summed E-state index contributed by atoms with van der Waals surface area (Å²) in [6, 6.07) is 33.8. The number of pyridine rings is 1. The number of ketones is 1. The van der Waals surface area contributed by atoms with Gasteiger partial charge in [0, 0.05) is 19.2 Å². The second-order valence-electron chi connectivity index (χ2n) is 15.4. The molecule has 4 amide bonds. The minimum Gasteiger partial charge on any atom is -0.445 e. The van der Waals surface area contributed by atoms with Crippen LogP contribution in [0.1, 0.15) is 65.9 Å². The first-order chi connectivity index (χ1) is 30.9. The number of ether oxygens (including phenoxy) is 2. The molecule has 332 valence electrons. The average molecular weight is 873 g/mol. The summed E-state index contributed by atoms with van der Waals surface area (Å²) in [7, 11) is 0. The van der Waals surface area contributed by atoms with Crippen molar-refractivity contribution >= 4 is 35.8 Å². The predicted molar refractivity (Wildman–Crippen MR) is 230 cm³/mol. The Morgan fingerprint density at radius 3 is 1.92 bits per heavy atom. The van der Waals surface area contributed by atoms with Gasteiger partial charge in [-0.1, -0.05) is 123 Å². The van der Waals surface area contributed by atoms with Crippen LogP contribution in [0, 0.1) is 11.7 Å². The number of hydrogen-bond acceptors (Lipinski definition) is 11. The molecule has 1 aromatic heterocycles. The second-order valence-corrected chi connectivity index (χ2v) is 15.4. The van der Waals surface area contributed by atoms with Crippen molar-refractivity contribution < 1.29 is 47.5 Å². The van der Waals surface area contributed by atoms with Gasteiger partial charge < -0.3 is 24.9 Å². The van der Waals surface area contributed by atoms with Gasteiger partial charge in [0.15, 0.2) is 11.5 Å². The number of amides is 4. The van der Waals surface area contributed by atoms with Crippen molar-refractivity contribution in [3.63, 3.8) is 0 Å². The summed E-state index contributed by atoms with van der Waals surface area (Å²) in [6.45, 7) is 2.79. The lowest BCUT2D eigenvalue weighted by atomic mass is 9.86. The third kappa shape index (κ3) is 12.1. The van der Waals surface area contributed by atoms with E-state index in [0.717, 1.165) is 10.6 Å². The third-order valence-electron chi connectivity index (χ3n) is 10.4. The molecule has 3 atom stereocenters. The molecule has 1 fully saturated rings. The monoisotopic (exact) mass is 872 g/mol. The van der Waals surface area contributed by atoms with Gasteiger partial charge in [-0.2, -0.15) is 5.01 Å². The molecular formula is C48H49FN6O9. The zero-order valence-corrected chi connectivity index (χ0v) is 35.4. The summed E-state index contributed by atoms with van der Waals surface area (Å²) in [4.78, 5) is 95.0. The number of carbonyl (C=O) groups excluding carboxylic acids is 6. The van der Waals surface area contributed by atoms with Crippen molar-refractivity contribution in [2.45, 2.75) is 77.0 Å². The Morgan fingerprint density at radius 2 is 1.34 bits per heavy atom. The van der Waals surface area contributed by atoms with E-state index in [1.807, 2.05) is 36.4 Å². The summed E-state index contributed by atoms with van der Waals surface area (Å²) in [5.41, 5.74) is 2.89. The summed E-state index contributed by atoms with van der Waals surface area (Å²) in [5.74, 6) is -4.83. The zero-order chi connectivity index (χ0) is 45.5. The molecule has 1 aliphatic rings. The van der Waals surface area contributed by atoms with E-state index in [0.29, 0.717) is 28.2 Å². The lowest BCUT2D eigenvalue weighted by Crippen LogP contribution is -2.76. The number of piperidine rings is 1. The van der Waals surface area contributed by atoms with Crippen LogP contribution in [-0.4, -0.2) is 68.6 Å². The molecule has 2 heterocycles. The number of aryl methyl sites for hydroxylation is 1. The van der Waals surface area contributed by atoms with Gasteiger partial charge >= 0.3 is 18.2 Å². The summed E-state index contributed by atoms with van der Waals surface area (Å²) in [6.07, 6.45) is -0.895. The van der Waals surface area contributed by atoms with E-state index in [9.17, 15) is 28.4 Å². The Kier molecular flexibility index (Phi) is 15.9. The summed E-state index contributed by atoms with van der Waals surface area (Å²) in [5, 5.41) is 6.81. The highest BCUT2D eigenvalue weighted by molar-refractivity contribution is 6.03. The predicted octanol–water partition coefficient (Wildman–Crippen LogP) is 6.59. The Morgan fingerprint density at radius 1 is 0.766 bits per heavy atom. The number of rotatable bonds is 18. The number of hydrogen-bond donors (Lipinski definition) is 3. The van der Waals surface area contributed by atoms with Crippen LogP contribution in [0.2, 0.25) is 0 Å². The van der Waals surface area contributed by atoms with Gasteiger partial charge in [0.25, 0.3) is 11.8 Å².